The molecule has 3 N–H and O–H groups in total. The first kappa shape index (κ1) is 14.4. The number of aliphatic hydroxyl groups excluding tert-OH is 2. The fraction of sp³-hybridized carbons (Fsp3) is 0.286. The summed E-state index contributed by atoms with van der Waals surface area (Å²) in [6.45, 7) is 0.260. The maximum Gasteiger partial charge on any atom is 0.258 e. The van der Waals surface area contributed by atoms with Crippen LogP contribution in [-0.2, 0) is 9.59 Å². The van der Waals surface area contributed by atoms with E-state index >= 15 is 0 Å². The third-order valence-corrected chi connectivity index (χ3v) is 3.08. The summed E-state index contributed by atoms with van der Waals surface area (Å²) in [7, 11) is 1.68. The second kappa shape index (κ2) is 5.96. The van der Waals surface area contributed by atoms with Crippen molar-refractivity contribution in [3.63, 3.8) is 0 Å². The molecule has 1 aromatic rings. The van der Waals surface area contributed by atoms with Gasteiger partial charge in [0.25, 0.3) is 11.8 Å². The van der Waals surface area contributed by atoms with Gasteiger partial charge in [-0.3, -0.25) is 9.59 Å². The van der Waals surface area contributed by atoms with Crippen molar-refractivity contribution in [2.75, 3.05) is 18.5 Å². The average Bonchev–Trinajstić information content (AvgIpc) is 2.78. The molecule has 2 rings (SSSR count). The smallest absolute Gasteiger partial charge is 0.258 e. The van der Waals surface area contributed by atoms with Crippen LogP contribution in [0.15, 0.2) is 36.4 Å². The van der Waals surface area contributed by atoms with Crippen molar-refractivity contribution in [2.24, 2.45) is 0 Å². The standard InChI is InChI=1S/C14H16N2O4/c1-15-8-11(17)14(20)9-2-4-10(5-3-9)16-12(18)6-7-13(16)19/h2-7,11,14-15,17,20H,8H2,1H3. The first-order valence-corrected chi connectivity index (χ1v) is 6.21. The van der Waals surface area contributed by atoms with Crippen molar-refractivity contribution in [2.45, 2.75) is 12.2 Å². The van der Waals surface area contributed by atoms with Crippen LogP contribution in [0.25, 0.3) is 0 Å². The number of aliphatic hydroxyl groups is 2. The number of nitrogens with zero attached hydrogens (tertiary/aromatic N) is 1. The lowest BCUT2D eigenvalue weighted by Gasteiger charge is -2.19. The Morgan fingerprint density at radius 1 is 1.10 bits per heavy atom. The largest absolute Gasteiger partial charge is 0.389 e. The highest BCUT2D eigenvalue weighted by Gasteiger charge is 2.25. The molecule has 0 fully saturated rings. The van der Waals surface area contributed by atoms with E-state index in [0.29, 0.717) is 11.3 Å². The highest BCUT2D eigenvalue weighted by atomic mass is 16.3. The van der Waals surface area contributed by atoms with Crippen LogP contribution in [0.5, 0.6) is 0 Å². The molecule has 1 aliphatic heterocycles. The van der Waals surface area contributed by atoms with Crippen molar-refractivity contribution in [1.29, 1.82) is 0 Å². The summed E-state index contributed by atoms with van der Waals surface area (Å²) in [5.41, 5.74) is 0.951. The number of amides is 2. The predicted octanol–water partition coefficient (Wildman–Crippen LogP) is -0.270. The summed E-state index contributed by atoms with van der Waals surface area (Å²) < 4.78 is 0. The Hall–Kier alpha value is -2.02. The van der Waals surface area contributed by atoms with Gasteiger partial charge in [-0.25, -0.2) is 4.90 Å². The lowest BCUT2D eigenvalue weighted by Crippen LogP contribution is -2.30. The third-order valence-electron chi connectivity index (χ3n) is 3.08. The number of rotatable bonds is 5. The Morgan fingerprint density at radius 2 is 1.65 bits per heavy atom. The Kier molecular flexibility index (Phi) is 4.29. The van der Waals surface area contributed by atoms with Crippen LogP contribution in [0.3, 0.4) is 0 Å². The molecule has 106 valence electrons. The first-order valence-electron chi connectivity index (χ1n) is 6.21. The molecule has 2 unspecified atom stereocenters. The molecule has 1 heterocycles. The minimum absolute atomic E-state index is 0.260. The van der Waals surface area contributed by atoms with Gasteiger partial charge in [0.1, 0.15) is 6.10 Å². The van der Waals surface area contributed by atoms with Gasteiger partial charge in [0.2, 0.25) is 0 Å². The van der Waals surface area contributed by atoms with Crippen LogP contribution >= 0.6 is 0 Å². The second-order valence-corrected chi connectivity index (χ2v) is 4.51. The molecule has 0 bridgehead atoms. The van der Waals surface area contributed by atoms with Crippen LogP contribution in [-0.4, -0.2) is 41.7 Å². The number of carbonyl (C=O) groups excluding carboxylic acids is 2. The summed E-state index contributed by atoms with van der Waals surface area (Å²) in [5, 5.41) is 22.4. The lowest BCUT2D eigenvalue weighted by molar-refractivity contribution is -0.119. The predicted molar refractivity (Wildman–Crippen MR) is 73.0 cm³/mol. The highest BCUT2D eigenvalue weighted by molar-refractivity contribution is 6.28. The summed E-state index contributed by atoms with van der Waals surface area (Å²) in [5.74, 6) is -0.781. The fourth-order valence-corrected chi connectivity index (χ4v) is 2.02. The van der Waals surface area contributed by atoms with Crippen LogP contribution in [0.4, 0.5) is 5.69 Å². The molecule has 0 aliphatic carbocycles. The molecule has 6 nitrogen and oxygen atoms in total. The number of nitrogens with one attached hydrogen (secondary N) is 1. The molecule has 2 atom stereocenters. The van der Waals surface area contributed by atoms with Gasteiger partial charge in [-0.2, -0.15) is 0 Å². The maximum atomic E-state index is 11.5. The highest BCUT2D eigenvalue weighted by Crippen LogP contribution is 2.23. The van der Waals surface area contributed by atoms with Crippen molar-refractivity contribution in [3.05, 3.63) is 42.0 Å². The number of benzene rings is 1. The summed E-state index contributed by atoms with van der Waals surface area (Å²) in [6, 6.07) is 6.29. The summed E-state index contributed by atoms with van der Waals surface area (Å²) in [4.78, 5) is 24.1. The SMILES string of the molecule is CNCC(O)C(O)c1ccc(N2C(=O)C=CC2=O)cc1. The zero-order valence-electron chi connectivity index (χ0n) is 11.0. The number of likely N-dealkylation sites (N-methyl/N-ethyl adjacent to an activating group) is 1. The number of carbonyl (C=O) groups is 2. The maximum absolute atomic E-state index is 11.5. The van der Waals surface area contributed by atoms with E-state index in [4.69, 9.17) is 0 Å². The topological polar surface area (TPSA) is 89.9 Å². The molecule has 0 aromatic heterocycles. The molecule has 0 radical (unpaired) electrons. The Balaban J connectivity index is 2.14. The minimum Gasteiger partial charge on any atom is -0.389 e. The van der Waals surface area contributed by atoms with Crippen LogP contribution < -0.4 is 10.2 Å². The number of anilines is 1. The average molecular weight is 276 g/mol. The molecule has 0 saturated heterocycles. The quantitative estimate of drug-likeness (QED) is 0.644. The van der Waals surface area contributed by atoms with Crippen molar-refractivity contribution in [3.8, 4) is 0 Å². The molecule has 1 aliphatic rings. The van der Waals surface area contributed by atoms with E-state index in [1.54, 1.807) is 31.3 Å². The van der Waals surface area contributed by atoms with Gasteiger partial charge >= 0.3 is 0 Å². The van der Waals surface area contributed by atoms with E-state index < -0.39 is 24.0 Å². The normalized spacial score (nSPS) is 17.6. The van der Waals surface area contributed by atoms with E-state index in [1.165, 1.54) is 12.2 Å². The third kappa shape index (κ3) is 2.77. The van der Waals surface area contributed by atoms with Gasteiger partial charge in [0.15, 0.2) is 0 Å². The van der Waals surface area contributed by atoms with Gasteiger partial charge in [-0.15, -0.1) is 0 Å². The van der Waals surface area contributed by atoms with Gasteiger partial charge in [-0.1, -0.05) is 12.1 Å². The van der Waals surface area contributed by atoms with E-state index in [0.717, 1.165) is 4.90 Å². The monoisotopic (exact) mass is 276 g/mol. The summed E-state index contributed by atoms with van der Waals surface area (Å²) >= 11 is 0. The minimum atomic E-state index is -1.03. The molecular formula is C14H16N2O4. The van der Waals surface area contributed by atoms with Crippen LogP contribution in [0.2, 0.25) is 0 Å². The Bertz CT molecular complexity index is 521. The molecule has 6 heteroatoms. The van der Waals surface area contributed by atoms with Gasteiger partial charge in [0.05, 0.1) is 11.8 Å². The Labute approximate surface area is 116 Å². The zero-order chi connectivity index (χ0) is 14.7. The van der Waals surface area contributed by atoms with Crippen molar-refractivity contribution in [1.82, 2.24) is 5.32 Å². The van der Waals surface area contributed by atoms with E-state index in [-0.39, 0.29) is 6.54 Å². The number of hydrogen-bond donors (Lipinski definition) is 3. The molecule has 1 aromatic carbocycles. The molecule has 0 spiro atoms. The Morgan fingerprint density at radius 3 is 2.15 bits per heavy atom. The summed E-state index contributed by atoms with van der Waals surface area (Å²) in [6.07, 6.45) is 0.464. The fourth-order valence-electron chi connectivity index (χ4n) is 2.02. The van der Waals surface area contributed by atoms with E-state index in [1.807, 2.05) is 0 Å². The van der Waals surface area contributed by atoms with Crippen LogP contribution in [0.1, 0.15) is 11.7 Å². The van der Waals surface area contributed by atoms with Crippen LogP contribution in [0, 0.1) is 0 Å². The van der Waals surface area contributed by atoms with Gasteiger partial charge in [0, 0.05) is 18.7 Å². The second-order valence-electron chi connectivity index (χ2n) is 4.51. The van der Waals surface area contributed by atoms with Crippen molar-refractivity contribution < 1.29 is 19.8 Å². The molecular weight excluding hydrogens is 260 g/mol. The van der Waals surface area contributed by atoms with Gasteiger partial charge < -0.3 is 15.5 Å². The number of imide groups is 1. The lowest BCUT2D eigenvalue weighted by atomic mass is 10.0. The molecule has 2 amide bonds. The van der Waals surface area contributed by atoms with Crippen molar-refractivity contribution >= 4 is 17.5 Å². The van der Waals surface area contributed by atoms with E-state index in [9.17, 15) is 19.8 Å². The first-order chi connectivity index (χ1) is 9.54. The molecule has 20 heavy (non-hydrogen) atoms. The molecule has 0 saturated carbocycles. The number of hydrogen-bond acceptors (Lipinski definition) is 5. The van der Waals surface area contributed by atoms with Gasteiger partial charge in [-0.05, 0) is 24.7 Å². The zero-order valence-corrected chi connectivity index (χ0v) is 11.0. The van der Waals surface area contributed by atoms with E-state index in [2.05, 4.69) is 5.32 Å².